The molecule has 3 rings (SSSR count). The molecule has 30 heavy (non-hydrogen) atoms. The Balaban J connectivity index is 1.87. The van der Waals surface area contributed by atoms with E-state index in [1.165, 1.54) is 19.1 Å². The van der Waals surface area contributed by atoms with Crippen LogP contribution in [0, 0.1) is 6.92 Å². The first-order valence-corrected chi connectivity index (χ1v) is 8.71. The SMILES string of the molecule is Cc1cc(=O)c(C(=O)OCC(=O)c2ccccc2)nn1-c1cccc(C(F)(F)F)c1. The van der Waals surface area contributed by atoms with Gasteiger partial charge in [0, 0.05) is 17.3 Å². The highest BCUT2D eigenvalue weighted by Crippen LogP contribution is 2.30. The van der Waals surface area contributed by atoms with Crippen LogP contribution in [0.2, 0.25) is 0 Å². The fraction of sp³-hybridized carbons (Fsp3) is 0.143. The maximum Gasteiger partial charge on any atom is 0.416 e. The lowest BCUT2D eigenvalue weighted by Gasteiger charge is -2.13. The summed E-state index contributed by atoms with van der Waals surface area (Å²) in [6.45, 7) is 0.851. The number of hydrogen-bond acceptors (Lipinski definition) is 5. The van der Waals surface area contributed by atoms with Gasteiger partial charge in [-0.3, -0.25) is 9.59 Å². The Hall–Kier alpha value is -3.75. The van der Waals surface area contributed by atoms with E-state index in [9.17, 15) is 27.6 Å². The van der Waals surface area contributed by atoms with Crippen molar-refractivity contribution < 1.29 is 27.5 Å². The smallest absolute Gasteiger partial charge is 0.416 e. The molecule has 0 fully saturated rings. The zero-order chi connectivity index (χ0) is 21.9. The van der Waals surface area contributed by atoms with Crippen molar-refractivity contribution in [1.82, 2.24) is 9.78 Å². The van der Waals surface area contributed by atoms with Crippen LogP contribution in [0.3, 0.4) is 0 Å². The Bertz CT molecular complexity index is 1150. The largest absolute Gasteiger partial charge is 0.452 e. The third-order valence-corrected chi connectivity index (χ3v) is 4.15. The van der Waals surface area contributed by atoms with E-state index in [0.717, 1.165) is 22.9 Å². The zero-order valence-corrected chi connectivity index (χ0v) is 15.6. The molecular weight excluding hydrogens is 401 g/mol. The van der Waals surface area contributed by atoms with Crippen LogP contribution < -0.4 is 5.43 Å². The van der Waals surface area contributed by atoms with Crippen LogP contribution >= 0.6 is 0 Å². The average Bonchev–Trinajstić information content (AvgIpc) is 2.72. The lowest BCUT2D eigenvalue weighted by atomic mass is 10.1. The van der Waals surface area contributed by atoms with Gasteiger partial charge in [-0.2, -0.15) is 18.3 Å². The van der Waals surface area contributed by atoms with Gasteiger partial charge in [0.2, 0.25) is 11.1 Å². The first-order chi connectivity index (χ1) is 14.2. The van der Waals surface area contributed by atoms with Crippen molar-refractivity contribution in [3.05, 3.63) is 93.4 Å². The molecule has 1 heterocycles. The van der Waals surface area contributed by atoms with Crippen molar-refractivity contribution in [2.24, 2.45) is 0 Å². The molecule has 0 atom stereocenters. The van der Waals surface area contributed by atoms with Crippen LogP contribution in [-0.2, 0) is 10.9 Å². The molecule has 0 unspecified atom stereocenters. The maximum absolute atomic E-state index is 13.0. The number of carbonyl (C=O) groups excluding carboxylic acids is 2. The molecule has 154 valence electrons. The molecule has 0 N–H and O–H groups in total. The molecule has 2 aromatic carbocycles. The summed E-state index contributed by atoms with van der Waals surface area (Å²) in [5.41, 5.74) is -1.76. The Morgan fingerprint density at radius 3 is 2.40 bits per heavy atom. The topological polar surface area (TPSA) is 78.3 Å². The van der Waals surface area contributed by atoms with Crippen molar-refractivity contribution in [3.8, 4) is 5.69 Å². The molecule has 9 heteroatoms. The number of rotatable bonds is 5. The van der Waals surface area contributed by atoms with E-state index in [2.05, 4.69) is 5.10 Å². The normalized spacial score (nSPS) is 11.2. The summed E-state index contributed by atoms with van der Waals surface area (Å²) in [6.07, 6.45) is -4.57. The number of aryl methyl sites for hydroxylation is 1. The third-order valence-electron chi connectivity index (χ3n) is 4.15. The fourth-order valence-electron chi connectivity index (χ4n) is 2.67. The first-order valence-electron chi connectivity index (χ1n) is 8.71. The number of benzene rings is 2. The van der Waals surface area contributed by atoms with E-state index in [-0.39, 0.29) is 11.4 Å². The van der Waals surface area contributed by atoms with Crippen LogP contribution in [0.1, 0.15) is 32.1 Å². The minimum absolute atomic E-state index is 0.0109. The highest BCUT2D eigenvalue weighted by molar-refractivity contribution is 5.98. The zero-order valence-electron chi connectivity index (χ0n) is 15.6. The molecule has 0 spiro atoms. The van der Waals surface area contributed by atoms with E-state index < -0.39 is 41.2 Å². The standard InChI is InChI=1S/C21H15F3N2O4/c1-13-10-17(27)19(20(29)30-12-18(28)14-6-3-2-4-7-14)25-26(13)16-9-5-8-15(11-16)21(22,23)24/h2-11H,12H2,1H3. The average molecular weight is 416 g/mol. The molecule has 0 aliphatic heterocycles. The second-order valence-corrected chi connectivity index (χ2v) is 6.32. The molecule has 0 radical (unpaired) electrons. The summed E-state index contributed by atoms with van der Waals surface area (Å²) in [6, 6.07) is 13.4. The van der Waals surface area contributed by atoms with Gasteiger partial charge >= 0.3 is 12.1 Å². The van der Waals surface area contributed by atoms with E-state index in [1.807, 2.05) is 0 Å². The molecule has 6 nitrogen and oxygen atoms in total. The second-order valence-electron chi connectivity index (χ2n) is 6.32. The Labute approximate surface area is 168 Å². The highest BCUT2D eigenvalue weighted by atomic mass is 19.4. The second kappa shape index (κ2) is 8.32. The number of esters is 1. The summed E-state index contributed by atoms with van der Waals surface area (Å²) in [7, 11) is 0. The lowest BCUT2D eigenvalue weighted by molar-refractivity contribution is -0.137. The van der Waals surface area contributed by atoms with Crippen LogP contribution in [0.25, 0.3) is 5.69 Å². The summed E-state index contributed by atoms with van der Waals surface area (Å²) < 4.78 is 44.9. The highest BCUT2D eigenvalue weighted by Gasteiger charge is 2.30. The summed E-state index contributed by atoms with van der Waals surface area (Å²) in [5.74, 6) is -1.63. The number of carbonyl (C=O) groups is 2. The Kier molecular flexibility index (Phi) is 5.81. The molecule has 0 amide bonds. The summed E-state index contributed by atoms with van der Waals surface area (Å²) >= 11 is 0. The Morgan fingerprint density at radius 2 is 1.73 bits per heavy atom. The molecule has 0 bridgehead atoms. The fourth-order valence-corrected chi connectivity index (χ4v) is 2.67. The predicted octanol–water partition coefficient (Wildman–Crippen LogP) is 3.60. The third kappa shape index (κ3) is 4.62. The minimum atomic E-state index is -4.57. The molecule has 0 aliphatic rings. The van der Waals surface area contributed by atoms with Gasteiger partial charge in [0.1, 0.15) is 0 Å². The number of ether oxygens (including phenoxy) is 1. The van der Waals surface area contributed by atoms with Crippen molar-refractivity contribution in [1.29, 1.82) is 0 Å². The van der Waals surface area contributed by atoms with Crippen LogP contribution in [-0.4, -0.2) is 28.1 Å². The molecule has 0 saturated heterocycles. The van der Waals surface area contributed by atoms with Crippen LogP contribution in [0.5, 0.6) is 0 Å². The van der Waals surface area contributed by atoms with E-state index in [4.69, 9.17) is 4.74 Å². The van der Waals surface area contributed by atoms with E-state index in [1.54, 1.807) is 30.3 Å². The lowest BCUT2D eigenvalue weighted by Crippen LogP contribution is -2.25. The van der Waals surface area contributed by atoms with Crippen LogP contribution in [0.4, 0.5) is 13.2 Å². The molecule has 0 aliphatic carbocycles. The van der Waals surface area contributed by atoms with Gasteiger partial charge in [0.25, 0.3) is 0 Å². The summed E-state index contributed by atoms with van der Waals surface area (Å²) in [4.78, 5) is 36.5. The van der Waals surface area contributed by atoms with Crippen molar-refractivity contribution in [3.63, 3.8) is 0 Å². The van der Waals surface area contributed by atoms with Crippen molar-refractivity contribution in [2.75, 3.05) is 6.61 Å². The van der Waals surface area contributed by atoms with E-state index >= 15 is 0 Å². The molecule has 0 saturated carbocycles. The first kappa shape index (κ1) is 21.0. The summed E-state index contributed by atoms with van der Waals surface area (Å²) in [5, 5.41) is 3.87. The number of aromatic nitrogens is 2. The molecule has 1 aromatic heterocycles. The molecular formula is C21H15F3N2O4. The van der Waals surface area contributed by atoms with Gasteiger partial charge < -0.3 is 4.74 Å². The number of halogens is 3. The maximum atomic E-state index is 13.0. The number of alkyl halides is 3. The quantitative estimate of drug-likeness (QED) is 0.469. The molecule has 3 aromatic rings. The van der Waals surface area contributed by atoms with Crippen molar-refractivity contribution >= 4 is 11.8 Å². The number of hydrogen-bond donors (Lipinski definition) is 0. The monoisotopic (exact) mass is 416 g/mol. The van der Waals surface area contributed by atoms with Gasteiger partial charge in [-0.05, 0) is 25.1 Å². The van der Waals surface area contributed by atoms with Gasteiger partial charge in [-0.15, -0.1) is 0 Å². The van der Waals surface area contributed by atoms with Gasteiger partial charge in [-0.1, -0.05) is 36.4 Å². The van der Waals surface area contributed by atoms with Gasteiger partial charge in [0.15, 0.2) is 12.4 Å². The van der Waals surface area contributed by atoms with Crippen LogP contribution in [0.15, 0.2) is 65.5 Å². The number of nitrogens with zero attached hydrogens (tertiary/aromatic N) is 2. The van der Waals surface area contributed by atoms with Crippen molar-refractivity contribution in [2.45, 2.75) is 13.1 Å². The minimum Gasteiger partial charge on any atom is -0.452 e. The number of Topliss-reactive ketones (excluding diaryl/α,β-unsaturated/α-hetero) is 1. The van der Waals surface area contributed by atoms with Gasteiger partial charge in [-0.25, -0.2) is 9.48 Å². The van der Waals surface area contributed by atoms with E-state index in [0.29, 0.717) is 5.56 Å². The number of ketones is 1. The Morgan fingerprint density at radius 1 is 1.03 bits per heavy atom. The van der Waals surface area contributed by atoms with Gasteiger partial charge in [0.05, 0.1) is 11.3 Å². The predicted molar refractivity (Wildman–Crippen MR) is 101 cm³/mol.